The largest absolute Gasteiger partial charge is 0.398 e. The normalized spacial score (nSPS) is 25.2. The smallest absolute Gasteiger partial charge is 0.0829 e. The van der Waals surface area contributed by atoms with Crippen LogP contribution < -0.4 is 5.73 Å². The predicted molar refractivity (Wildman–Crippen MR) is 77.1 cm³/mol. The van der Waals surface area contributed by atoms with Crippen LogP contribution in [0.4, 0.5) is 5.69 Å². The van der Waals surface area contributed by atoms with Gasteiger partial charge >= 0.3 is 0 Å². The van der Waals surface area contributed by atoms with Gasteiger partial charge in [-0.3, -0.25) is 4.90 Å². The first kappa shape index (κ1) is 12.9. The van der Waals surface area contributed by atoms with E-state index in [0.29, 0.717) is 6.10 Å². The molecule has 1 atom stereocenters. The van der Waals surface area contributed by atoms with Crippen molar-refractivity contribution in [3.63, 3.8) is 0 Å². The number of fused-ring (bicyclic) bond motifs is 1. The average Bonchev–Trinajstić information content (AvgIpc) is 2.40. The summed E-state index contributed by atoms with van der Waals surface area (Å²) in [4.78, 5) is 4.82. The highest BCUT2D eigenvalue weighted by Crippen LogP contribution is 2.24. The number of nitrogen functional groups attached to an aromatic ring is 1. The molecule has 1 aromatic carbocycles. The zero-order valence-electron chi connectivity index (χ0n) is 11.6. The fraction of sp³-hybridized carbons (Fsp3) is 0.600. The van der Waals surface area contributed by atoms with Crippen molar-refractivity contribution in [2.45, 2.75) is 19.1 Å². The van der Waals surface area contributed by atoms with E-state index in [-0.39, 0.29) is 0 Å². The van der Waals surface area contributed by atoms with E-state index >= 15 is 0 Å². The van der Waals surface area contributed by atoms with Gasteiger partial charge in [0.25, 0.3) is 0 Å². The molecule has 19 heavy (non-hydrogen) atoms. The van der Waals surface area contributed by atoms with E-state index in [1.165, 1.54) is 11.1 Å². The highest BCUT2D eigenvalue weighted by atomic mass is 16.5. The van der Waals surface area contributed by atoms with Gasteiger partial charge in [0.05, 0.1) is 12.7 Å². The lowest BCUT2D eigenvalue weighted by molar-refractivity contribution is -0.0373. The Bertz CT molecular complexity index is 449. The van der Waals surface area contributed by atoms with Crippen LogP contribution in [0.15, 0.2) is 18.2 Å². The minimum atomic E-state index is 0.338. The zero-order chi connectivity index (χ0) is 13.2. The van der Waals surface area contributed by atoms with E-state index in [9.17, 15) is 0 Å². The number of hydrogen-bond acceptors (Lipinski definition) is 4. The van der Waals surface area contributed by atoms with Gasteiger partial charge in [-0.15, -0.1) is 0 Å². The molecule has 4 heteroatoms. The van der Waals surface area contributed by atoms with Crippen LogP contribution in [-0.4, -0.2) is 55.7 Å². The van der Waals surface area contributed by atoms with Gasteiger partial charge in [-0.25, -0.2) is 0 Å². The van der Waals surface area contributed by atoms with Crippen molar-refractivity contribution in [3.05, 3.63) is 29.3 Å². The highest BCUT2D eigenvalue weighted by Gasteiger charge is 2.24. The van der Waals surface area contributed by atoms with Crippen molar-refractivity contribution >= 4 is 5.69 Å². The van der Waals surface area contributed by atoms with Gasteiger partial charge in [-0.1, -0.05) is 12.1 Å². The molecule has 104 valence electrons. The minimum Gasteiger partial charge on any atom is -0.398 e. The number of likely N-dealkylation sites (N-methyl/N-ethyl adjacent to an activating group) is 1. The molecule has 2 heterocycles. The molecule has 2 N–H and O–H groups in total. The Kier molecular flexibility index (Phi) is 3.73. The van der Waals surface area contributed by atoms with Crippen molar-refractivity contribution in [1.82, 2.24) is 9.80 Å². The predicted octanol–water partition coefficient (Wildman–Crippen LogP) is 0.957. The molecule has 0 amide bonds. The van der Waals surface area contributed by atoms with Crippen LogP contribution in [0, 0.1) is 0 Å². The molecule has 0 spiro atoms. The Balaban J connectivity index is 1.64. The maximum absolute atomic E-state index is 6.09. The molecule has 1 fully saturated rings. The van der Waals surface area contributed by atoms with Crippen LogP contribution in [0.25, 0.3) is 0 Å². The fourth-order valence-corrected chi connectivity index (χ4v) is 3.08. The van der Waals surface area contributed by atoms with E-state index in [2.05, 4.69) is 29.0 Å². The first-order chi connectivity index (χ1) is 9.22. The summed E-state index contributed by atoms with van der Waals surface area (Å²) in [5.41, 5.74) is 9.76. The third-order valence-electron chi connectivity index (χ3n) is 4.19. The summed E-state index contributed by atoms with van der Waals surface area (Å²) in [6, 6.07) is 6.27. The van der Waals surface area contributed by atoms with Gasteiger partial charge in [-0.05, 0) is 30.7 Å². The van der Waals surface area contributed by atoms with Gasteiger partial charge in [0.1, 0.15) is 0 Å². The molecule has 3 rings (SSSR count). The van der Waals surface area contributed by atoms with Crippen LogP contribution >= 0.6 is 0 Å². The van der Waals surface area contributed by atoms with Crippen molar-refractivity contribution in [2.75, 3.05) is 45.6 Å². The van der Waals surface area contributed by atoms with E-state index in [1.54, 1.807) is 0 Å². The molecule has 0 aliphatic carbocycles. The second-order valence-electron chi connectivity index (χ2n) is 5.73. The quantitative estimate of drug-likeness (QED) is 0.805. The van der Waals surface area contributed by atoms with Crippen molar-refractivity contribution < 1.29 is 4.74 Å². The number of hydrogen-bond donors (Lipinski definition) is 1. The van der Waals surface area contributed by atoms with E-state index in [4.69, 9.17) is 10.5 Å². The summed E-state index contributed by atoms with van der Waals surface area (Å²) in [7, 11) is 2.17. The highest BCUT2D eigenvalue weighted by molar-refractivity contribution is 5.51. The fourth-order valence-electron chi connectivity index (χ4n) is 3.08. The lowest BCUT2D eigenvalue weighted by Crippen LogP contribution is -2.47. The first-order valence-electron chi connectivity index (χ1n) is 7.11. The lowest BCUT2D eigenvalue weighted by atomic mass is 9.98. The lowest BCUT2D eigenvalue weighted by Gasteiger charge is -2.36. The van der Waals surface area contributed by atoms with Gasteiger partial charge in [0.15, 0.2) is 0 Å². The summed E-state index contributed by atoms with van der Waals surface area (Å²) >= 11 is 0. The third-order valence-corrected chi connectivity index (χ3v) is 4.19. The van der Waals surface area contributed by atoms with Crippen molar-refractivity contribution in [3.8, 4) is 0 Å². The minimum absolute atomic E-state index is 0.338. The number of nitrogens with zero attached hydrogens (tertiary/aromatic N) is 2. The maximum Gasteiger partial charge on any atom is 0.0829 e. The Hall–Kier alpha value is -1.10. The van der Waals surface area contributed by atoms with Crippen LogP contribution in [0.1, 0.15) is 11.1 Å². The molecule has 0 bridgehead atoms. The maximum atomic E-state index is 6.09. The molecule has 2 aliphatic heterocycles. The summed E-state index contributed by atoms with van der Waals surface area (Å²) in [6.45, 7) is 6.03. The number of nitrogens with two attached hydrogens (primary N) is 1. The van der Waals surface area contributed by atoms with E-state index in [1.807, 2.05) is 6.07 Å². The Morgan fingerprint density at radius 1 is 1.37 bits per heavy atom. The molecular weight excluding hydrogens is 238 g/mol. The molecule has 4 nitrogen and oxygen atoms in total. The van der Waals surface area contributed by atoms with Crippen LogP contribution in [0.5, 0.6) is 0 Å². The monoisotopic (exact) mass is 261 g/mol. The number of benzene rings is 1. The zero-order valence-corrected chi connectivity index (χ0v) is 11.6. The summed E-state index contributed by atoms with van der Waals surface area (Å²) in [5.74, 6) is 0. The second-order valence-corrected chi connectivity index (χ2v) is 5.73. The first-order valence-corrected chi connectivity index (χ1v) is 7.11. The van der Waals surface area contributed by atoms with Crippen molar-refractivity contribution in [1.29, 1.82) is 0 Å². The number of rotatable bonds is 2. The Morgan fingerprint density at radius 2 is 2.26 bits per heavy atom. The van der Waals surface area contributed by atoms with Gasteiger partial charge < -0.3 is 15.4 Å². The Morgan fingerprint density at radius 3 is 3.11 bits per heavy atom. The Labute approximate surface area is 115 Å². The van der Waals surface area contributed by atoms with Crippen LogP contribution in [0.3, 0.4) is 0 Å². The molecular formula is C15H23N3O. The molecule has 1 aromatic rings. The summed E-state index contributed by atoms with van der Waals surface area (Å²) in [5, 5.41) is 0. The van der Waals surface area contributed by atoms with Crippen molar-refractivity contribution in [2.24, 2.45) is 0 Å². The third kappa shape index (κ3) is 2.91. The molecule has 0 saturated carbocycles. The second kappa shape index (κ2) is 5.49. The summed E-state index contributed by atoms with van der Waals surface area (Å²) < 4.78 is 5.85. The molecule has 2 aliphatic rings. The molecule has 1 unspecified atom stereocenters. The topological polar surface area (TPSA) is 41.7 Å². The number of ether oxygens (including phenoxy) is 1. The molecule has 0 radical (unpaired) electrons. The summed E-state index contributed by atoms with van der Waals surface area (Å²) in [6.07, 6.45) is 1.44. The SMILES string of the molecule is CN1CCOC(CN2CCc3cccc(N)c3C2)C1. The van der Waals surface area contributed by atoms with Crippen LogP contribution in [0.2, 0.25) is 0 Å². The van der Waals surface area contributed by atoms with Gasteiger partial charge in [-0.2, -0.15) is 0 Å². The number of anilines is 1. The van der Waals surface area contributed by atoms with E-state index in [0.717, 1.165) is 51.4 Å². The standard InChI is InChI=1S/C15H23N3O/c1-17-7-8-19-13(9-17)10-18-6-5-12-3-2-4-15(16)14(12)11-18/h2-4,13H,5-11,16H2,1H3. The van der Waals surface area contributed by atoms with Crippen LogP contribution in [-0.2, 0) is 17.7 Å². The van der Waals surface area contributed by atoms with E-state index < -0.39 is 0 Å². The average molecular weight is 261 g/mol. The number of morpholine rings is 1. The van der Waals surface area contributed by atoms with Gasteiger partial charge in [0.2, 0.25) is 0 Å². The molecule has 1 saturated heterocycles. The molecule has 0 aromatic heterocycles. The van der Waals surface area contributed by atoms with Gasteiger partial charge in [0, 0.05) is 38.4 Å².